The van der Waals surface area contributed by atoms with Gasteiger partial charge in [0.25, 0.3) is 5.91 Å². The molecule has 144 valence electrons. The predicted octanol–water partition coefficient (Wildman–Crippen LogP) is 3.40. The lowest BCUT2D eigenvalue weighted by Gasteiger charge is -2.09. The SMILES string of the molecule is COc1ccc(NC(=O)c2cnc(NCCc3ccccc3OC)cn2)cc1. The summed E-state index contributed by atoms with van der Waals surface area (Å²) in [6.07, 6.45) is 3.78. The summed E-state index contributed by atoms with van der Waals surface area (Å²) in [6, 6.07) is 15.0. The van der Waals surface area contributed by atoms with Crippen LogP contribution in [0.5, 0.6) is 11.5 Å². The molecule has 1 aromatic heterocycles. The Balaban J connectivity index is 1.53. The first-order valence-electron chi connectivity index (χ1n) is 8.83. The monoisotopic (exact) mass is 378 g/mol. The molecule has 0 spiro atoms. The second-order valence-electron chi connectivity index (χ2n) is 5.96. The minimum atomic E-state index is -0.321. The van der Waals surface area contributed by atoms with Crippen LogP contribution in [0.4, 0.5) is 11.5 Å². The Bertz CT molecular complexity index is 912. The van der Waals surface area contributed by atoms with Crippen molar-refractivity contribution in [1.29, 1.82) is 0 Å². The molecule has 0 saturated carbocycles. The number of carbonyl (C=O) groups excluding carboxylic acids is 1. The molecule has 0 fully saturated rings. The fraction of sp³-hybridized carbons (Fsp3) is 0.190. The third-order valence-electron chi connectivity index (χ3n) is 4.13. The first-order chi connectivity index (χ1) is 13.7. The fourth-order valence-electron chi connectivity index (χ4n) is 2.64. The molecule has 0 bridgehead atoms. The highest BCUT2D eigenvalue weighted by Gasteiger charge is 2.09. The molecule has 0 unspecified atom stereocenters. The van der Waals surface area contributed by atoms with Gasteiger partial charge in [-0.1, -0.05) is 18.2 Å². The molecular formula is C21H22N4O3. The average Bonchev–Trinajstić information content (AvgIpc) is 2.75. The molecule has 0 aliphatic carbocycles. The molecule has 0 radical (unpaired) electrons. The molecule has 3 aromatic rings. The third kappa shape index (κ3) is 4.97. The van der Waals surface area contributed by atoms with Gasteiger partial charge in [-0.2, -0.15) is 0 Å². The number of hydrogen-bond donors (Lipinski definition) is 2. The van der Waals surface area contributed by atoms with E-state index < -0.39 is 0 Å². The lowest BCUT2D eigenvalue weighted by Crippen LogP contribution is -2.15. The van der Waals surface area contributed by atoms with Crippen LogP contribution < -0.4 is 20.1 Å². The first kappa shape index (κ1) is 19.2. The van der Waals surface area contributed by atoms with Crippen molar-refractivity contribution in [2.45, 2.75) is 6.42 Å². The van der Waals surface area contributed by atoms with Crippen LogP contribution in [0, 0.1) is 0 Å². The molecule has 1 heterocycles. The maximum absolute atomic E-state index is 12.3. The van der Waals surface area contributed by atoms with Crippen molar-refractivity contribution in [3.63, 3.8) is 0 Å². The zero-order chi connectivity index (χ0) is 19.8. The Kier molecular flexibility index (Phi) is 6.41. The lowest BCUT2D eigenvalue weighted by atomic mass is 10.1. The molecule has 0 aliphatic heterocycles. The van der Waals surface area contributed by atoms with Crippen LogP contribution >= 0.6 is 0 Å². The van der Waals surface area contributed by atoms with Gasteiger partial charge in [0.05, 0.1) is 26.6 Å². The minimum absolute atomic E-state index is 0.242. The maximum atomic E-state index is 12.3. The summed E-state index contributed by atoms with van der Waals surface area (Å²) >= 11 is 0. The summed E-state index contributed by atoms with van der Waals surface area (Å²) in [7, 11) is 3.25. The van der Waals surface area contributed by atoms with Crippen LogP contribution in [0.2, 0.25) is 0 Å². The van der Waals surface area contributed by atoms with Crippen molar-refractivity contribution in [2.75, 3.05) is 31.4 Å². The maximum Gasteiger partial charge on any atom is 0.275 e. The number of methoxy groups -OCH3 is 2. The lowest BCUT2D eigenvalue weighted by molar-refractivity contribution is 0.102. The van der Waals surface area contributed by atoms with E-state index in [0.29, 0.717) is 18.1 Å². The molecule has 2 N–H and O–H groups in total. The molecule has 0 atom stereocenters. The fourth-order valence-corrected chi connectivity index (χ4v) is 2.64. The Morgan fingerprint density at radius 3 is 2.43 bits per heavy atom. The molecule has 3 rings (SSSR count). The predicted molar refractivity (Wildman–Crippen MR) is 108 cm³/mol. The summed E-state index contributed by atoms with van der Waals surface area (Å²) < 4.78 is 10.4. The summed E-state index contributed by atoms with van der Waals surface area (Å²) in [6.45, 7) is 0.673. The molecule has 0 aliphatic rings. The van der Waals surface area contributed by atoms with Crippen molar-refractivity contribution in [3.8, 4) is 11.5 Å². The van der Waals surface area contributed by atoms with Crippen LogP contribution in [0.25, 0.3) is 0 Å². The van der Waals surface area contributed by atoms with Crippen LogP contribution in [0.3, 0.4) is 0 Å². The van der Waals surface area contributed by atoms with Gasteiger partial charge in [-0.25, -0.2) is 9.97 Å². The zero-order valence-corrected chi connectivity index (χ0v) is 15.8. The molecule has 7 heteroatoms. The standard InChI is InChI=1S/C21H22N4O3/c1-27-17-9-7-16(8-10-17)25-21(26)18-13-24-20(14-23-18)22-12-11-15-5-3-4-6-19(15)28-2/h3-10,13-14H,11-12H2,1-2H3,(H,22,24)(H,25,26). The van der Waals surface area contributed by atoms with Crippen molar-refractivity contribution in [2.24, 2.45) is 0 Å². The van der Waals surface area contributed by atoms with Crippen molar-refractivity contribution in [3.05, 3.63) is 72.2 Å². The number of carbonyl (C=O) groups is 1. The van der Waals surface area contributed by atoms with E-state index in [1.165, 1.54) is 6.20 Å². The number of benzene rings is 2. The Hall–Kier alpha value is -3.61. The van der Waals surface area contributed by atoms with E-state index in [9.17, 15) is 4.79 Å². The molecular weight excluding hydrogens is 356 g/mol. The Labute approximate surface area is 163 Å². The highest BCUT2D eigenvalue weighted by Crippen LogP contribution is 2.18. The van der Waals surface area contributed by atoms with Crippen LogP contribution in [-0.4, -0.2) is 36.6 Å². The highest BCUT2D eigenvalue weighted by atomic mass is 16.5. The molecule has 2 aromatic carbocycles. The van der Waals surface area contributed by atoms with Crippen LogP contribution in [0.15, 0.2) is 60.9 Å². The van der Waals surface area contributed by atoms with E-state index in [1.54, 1.807) is 44.7 Å². The quantitative estimate of drug-likeness (QED) is 0.625. The normalized spacial score (nSPS) is 10.2. The van der Waals surface area contributed by atoms with E-state index in [1.807, 2.05) is 24.3 Å². The van der Waals surface area contributed by atoms with Gasteiger partial charge in [-0.3, -0.25) is 4.79 Å². The van der Waals surface area contributed by atoms with E-state index in [2.05, 4.69) is 20.6 Å². The van der Waals surface area contributed by atoms with Crippen molar-refractivity contribution in [1.82, 2.24) is 9.97 Å². The number of nitrogens with zero attached hydrogens (tertiary/aromatic N) is 2. The van der Waals surface area contributed by atoms with E-state index >= 15 is 0 Å². The average molecular weight is 378 g/mol. The van der Waals surface area contributed by atoms with E-state index in [-0.39, 0.29) is 11.6 Å². The van der Waals surface area contributed by atoms with E-state index in [4.69, 9.17) is 9.47 Å². The second-order valence-corrected chi connectivity index (χ2v) is 5.96. The third-order valence-corrected chi connectivity index (χ3v) is 4.13. The van der Waals surface area contributed by atoms with Gasteiger partial charge in [0.2, 0.25) is 0 Å². The largest absolute Gasteiger partial charge is 0.497 e. The number of hydrogen-bond acceptors (Lipinski definition) is 6. The van der Waals surface area contributed by atoms with Gasteiger partial charge in [0.1, 0.15) is 23.0 Å². The Morgan fingerprint density at radius 1 is 0.964 bits per heavy atom. The highest BCUT2D eigenvalue weighted by molar-refractivity contribution is 6.02. The van der Waals surface area contributed by atoms with Gasteiger partial charge >= 0.3 is 0 Å². The number of amides is 1. The summed E-state index contributed by atoms with van der Waals surface area (Å²) in [5.74, 6) is 1.87. The summed E-state index contributed by atoms with van der Waals surface area (Å²) in [4.78, 5) is 20.7. The van der Waals surface area contributed by atoms with Gasteiger partial charge in [0.15, 0.2) is 0 Å². The van der Waals surface area contributed by atoms with Gasteiger partial charge in [-0.05, 0) is 42.3 Å². The van der Waals surface area contributed by atoms with Crippen LogP contribution in [-0.2, 0) is 6.42 Å². The molecule has 1 amide bonds. The van der Waals surface area contributed by atoms with Crippen LogP contribution in [0.1, 0.15) is 16.1 Å². The summed E-state index contributed by atoms with van der Waals surface area (Å²) in [5, 5.41) is 5.97. The summed E-state index contributed by atoms with van der Waals surface area (Å²) in [5.41, 5.74) is 2.01. The first-order valence-corrected chi connectivity index (χ1v) is 8.83. The minimum Gasteiger partial charge on any atom is -0.497 e. The number of para-hydroxylation sites is 1. The number of nitrogens with one attached hydrogen (secondary N) is 2. The van der Waals surface area contributed by atoms with Gasteiger partial charge in [0, 0.05) is 12.2 Å². The molecule has 7 nitrogen and oxygen atoms in total. The number of aromatic nitrogens is 2. The van der Waals surface area contributed by atoms with Crippen molar-refractivity contribution >= 4 is 17.4 Å². The number of ether oxygens (including phenoxy) is 2. The number of rotatable bonds is 8. The molecule has 28 heavy (non-hydrogen) atoms. The topological polar surface area (TPSA) is 85.4 Å². The van der Waals surface area contributed by atoms with Crippen molar-refractivity contribution < 1.29 is 14.3 Å². The Morgan fingerprint density at radius 2 is 1.75 bits per heavy atom. The van der Waals surface area contributed by atoms with E-state index in [0.717, 1.165) is 23.5 Å². The smallest absolute Gasteiger partial charge is 0.275 e. The van der Waals surface area contributed by atoms with Gasteiger partial charge < -0.3 is 20.1 Å². The van der Waals surface area contributed by atoms with Gasteiger partial charge in [-0.15, -0.1) is 0 Å². The molecule has 0 saturated heterocycles. The second kappa shape index (κ2) is 9.36. The number of anilines is 2. The zero-order valence-electron chi connectivity index (χ0n) is 15.8.